The summed E-state index contributed by atoms with van der Waals surface area (Å²) in [6.07, 6.45) is 0. The van der Waals surface area contributed by atoms with E-state index in [4.69, 9.17) is 27.9 Å². The van der Waals surface area contributed by atoms with Crippen molar-refractivity contribution in [2.45, 2.75) is 19.8 Å². The van der Waals surface area contributed by atoms with Crippen LogP contribution in [-0.4, -0.2) is 10.2 Å². The van der Waals surface area contributed by atoms with Gasteiger partial charge >= 0.3 is 0 Å². The lowest BCUT2D eigenvalue weighted by Gasteiger charge is -2.10. The van der Waals surface area contributed by atoms with E-state index in [1.54, 1.807) is 24.3 Å². The molecule has 0 radical (unpaired) electrons. The number of H-pyrrole nitrogens is 1. The van der Waals surface area contributed by atoms with E-state index in [1.807, 2.05) is 13.8 Å². The minimum Gasteiger partial charge on any atom is -0.434 e. The van der Waals surface area contributed by atoms with Crippen LogP contribution in [0.25, 0.3) is 0 Å². The van der Waals surface area contributed by atoms with Crippen molar-refractivity contribution in [2.24, 2.45) is 0 Å². The van der Waals surface area contributed by atoms with Crippen LogP contribution in [0.3, 0.4) is 0 Å². The highest BCUT2D eigenvalue weighted by atomic mass is 35.5. The standard InChI is InChI=1S/C13H12Cl2N2O2/c1-7(2)8-6-11(16-17-13(8)18)19-12-9(14)4-3-5-10(12)15/h3-7H,1-2H3,(H,17,18). The van der Waals surface area contributed by atoms with Crippen LogP contribution in [0.2, 0.25) is 10.0 Å². The molecule has 0 bridgehead atoms. The number of aromatic amines is 1. The van der Waals surface area contributed by atoms with Gasteiger partial charge in [-0.2, -0.15) is 0 Å². The number of nitrogens with zero attached hydrogens (tertiary/aromatic N) is 1. The van der Waals surface area contributed by atoms with Gasteiger partial charge in [0.1, 0.15) is 0 Å². The average molecular weight is 299 g/mol. The first kappa shape index (κ1) is 13.9. The molecule has 4 nitrogen and oxygen atoms in total. The van der Waals surface area contributed by atoms with Crippen LogP contribution in [0.1, 0.15) is 25.3 Å². The molecule has 0 aliphatic heterocycles. The summed E-state index contributed by atoms with van der Waals surface area (Å²) in [5.41, 5.74) is 0.362. The molecule has 2 rings (SSSR count). The summed E-state index contributed by atoms with van der Waals surface area (Å²) in [6.45, 7) is 3.83. The maximum absolute atomic E-state index is 11.6. The summed E-state index contributed by atoms with van der Waals surface area (Å²) < 4.78 is 5.54. The maximum atomic E-state index is 11.6. The highest BCUT2D eigenvalue weighted by Gasteiger charge is 2.12. The van der Waals surface area contributed by atoms with Crippen LogP contribution in [0.5, 0.6) is 11.6 Å². The third-order valence-electron chi connectivity index (χ3n) is 2.56. The summed E-state index contributed by atoms with van der Waals surface area (Å²) in [4.78, 5) is 11.6. The molecule has 0 fully saturated rings. The van der Waals surface area contributed by atoms with Crippen molar-refractivity contribution in [3.8, 4) is 11.6 Å². The lowest BCUT2D eigenvalue weighted by Crippen LogP contribution is -2.15. The molecule has 100 valence electrons. The molecule has 0 unspecified atom stereocenters. The van der Waals surface area contributed by atoms with Crippen LogP contribution in [0, 0.1) is 0 Å². The molecular weight excluding hydrogens is 287 g/mol. The first-order chi connectivity index (χ1) is 8.99. The summed E-state index contributed by atoms with van der Waals surface area (Å²) >= 11 is 12.0. The monoisotopic (exact) mass is 298 g/mol. The van der Waals surface area contributed by atoms with E-state index in [-0.39, 0.29) is 17.4 Å². The molecule has 6 heteroatoms. The summed E-state index contributed by atoms with van der Waals surface area (Å²) in [6, 6.07) is 6.64. The van der Waals surface area contributed by atoms with Crippen LogP contribution in [-0.2, 0) is 0 Å². The normalized spacial score (nSPS) is 10.8. The molecule has 19 heavy (non-hydrogen) atoms. The largest absolute Gasteiger partial charge is 0.434 e. The molecule has 0 aliphatic carbocycles. The fourth-order valence-corrected chi connectivity index (χ4v) is 2.04. The molecule has 1 N–H and O–H groups in total. The van der Waals surface area contributed by atoms with E-state index in [2.05, 4.69) is 10.2 Å². The molecule has 1 aromatic carbocycles. The van der Waals surface area contributed by atoms with E-state index in [0.29, 0.717) is 21.4 Å². The van der Waals surface area contributed by atoms with E-state index in [1.165, 1.54) is 0 Å². The second-order valence-corrected chi connectivity index (χ2v) is 5.11. The van der Waals surface area contributed by atoms with Crippen molar-refractivity contribution >= 4 is 23.2 Å². The van der Waals surface area contributed by atoms with Gasteiger partial charge in [-0.05, 0) is 18.1 Å². The zero-order valence-corrected chi connectivity index (χ0v) is 11.9. The topological polar surface area (TPSA) is 55.0 Å². The minimum atomic E-state index is -0.229. The van der Waals surface area contributed by atoms with Gasteiger partial charge in [0.15, 0.2) is 5.75 Å². The SMILES string of the molecule is CC(C)c1cc(Oc2c(Cl)cccc2Cl)n[nH]c1=O. The molecule has 1 aromatic heterocycles. The summed E-state index contributed by atoms with van der Waals surface area (Å²) in [5.74, 6) is 0.634. The highest BCUT2D eigenvalue weighted by molar-refractivity contribution is 6.37. The van der Waals surface area contributed by atoms with Gasteiger partial charge in [0.05, 0.1) is 10.0 Å². The van der Waals surface area contributed by atoms with Crippen LogP contribution < -0.4 is 10.3 Å². The smallest absolute Gasteiger partial charge is 0.267 e. The van der Waals surface area contributed by atoms with E-state index in [0.717, 1.165) is 0 Å². The second kappa shape index (κ2) is 5.63. The van der Waals surface area contributed by atoms with E-state index in [9.17, 15) is 4.79 Å². The van der Waals surface area contributed by atoms with Crippen LogP contribution in [0.4, 0.5) is 0 Å². The average Bonchev–Trinajstić information content (AvgIpc) is 2.35. The Hall–Kier alpha value is -1.52. The van der Waals surface area contributed by atoms with Gasteiger partial charge in [-0.15, -0.1) is 5.10 Å². The molecule has 0 saturated heterocycles. The van der Waals surface area contributed by atoms with Gasteiger partial charge in [-0.3, -0.25) is 4.79 Å². The quantitative estimate of drug-likeness (QED) is 0.932. The number of hydrogen-bond donors (Lipinski definition) is 1. The third-order valence-corrected chi connectivity index (χ3v) is 3.15. The van der Waals surface area contributed by atoms with Crippen molar-refractivity contribution in [3.63, 3.8) is 0 Å². The van der Waals surface area contributed by atoms with Crippen molar-refractivity contribution in [3.05, 3.63) is 50.2 Å². The predicted molar refractivity (Wildman–Crippen MR) is 75.5 cm³/mol. The molecule has 0 spiro atoms. The van der Waals surface area contributed by atoms with Gasteiger partial charge in [-0.1, -0.05) is 43.1 Å². The Labute approximate surface area is 120 Å². The second-order valence-electron chi connectivity index (χ2n) is 4.30. The third kappa shape index (κ3) is 3.08. The van der Waals surface area contributed by atoms with Crippen LogP contribution >= 0.6 is 23.2 Å². The Bertz CT molecular complexity index is 633. The number of hydrogen-bond acceptors (Lipinski definition) is 3. The molecule has 0 aliphatic rings. The number of para-hydroxylation sites is 1. The first-order valence-corrected chi connectivity index (χ1v) is 6.46. The fourth-order valence-electron chi connectivity index (χ4n) is 1.57. The van der Waals surface area contributed by atoms with Crippen molar-refractivity contribution in [1.82, 2.24) is 10.2 Å². The van der Waals surface area contributed by atoms with Crippen molar-refractivity contribution < 1.29 is 4.74 Å². The first-order valence-electron chi connectivity index (χ1n) is 5.70. The lowest BCUT2D eigenvalue weighted by molar-refractivity contribution is 0.452. The van der Waals surface area contributed by atoms with Gasteiger partial charge in [-0.25, -0.2) is 5.10 Å². The zero-order valence-electron chi connectivity index (χ0n) is 10.4. The fraction of sp³-hybridized carbons (Fsp3) is 0.231. The number of halogens is 2. The van der Waals surface area contributed by atoms with Gasteiger partial charge in [0.2, 0.25) is 5.88 Å². The Morgan fingerprint density at radius 3 is 2.47 bits per heavy atom. The van der Waals surface area contributed by atoms with Crippen molar-refractivity contribution in [2.75, 3.05) is 0 Å². The van der Waals surface area contributed by atoms with E-state index >= 15 is 0 Å². The van der Waals surface area contributed by atoms with Crippen molar-refractivity contribution in [1.29, 1.82) is 0 Å². The molecule has 1 heterocycles. The molecule has 0 saturated carbocycles. The zero-order chi connectivity index (χ0) is 14.0. The number of nitrogens with one attached hydrogen (secondary N) is 1. The van der Waals surface area contributed by atoms with Gasteiger partial charge in [0, 0.05) is 11.6 Å². The highest BCUT2D eigenvalue weighted by Crippen LogP contribution is 2.35. The Kier molecular flexibility index (Phi) is 4.12. The number of rotatable bonds is 3. The minimum absolute atomic E-state index is 0.0656. The van der Waals surface area contributed by atoms with Gasteiger partial charge < -0.3 is 4.74 Å². The lowest BCUT2D eigenvalue weighted by atomic mass is 10.1. The Morgan fingerprint density at radius 1 is 1.26 bits per heavy atom. The maximum Gasteiger partial charge on any atom is 0.267 e. The number of benzene rings is 1. The predicted octanol–water partition coefficient (Wildman–Crippen LogP) is 3.99. The molecular formula is C13H12Cl2N2O2. The Morgan fingerprint density at radius 2 is 1.89 bits per heavy atom. The molecule has 2 aromatic rings. The van der Waals surface area contributed by atoms with Crippen LogP contribution in [0.15, 0.2) is 29.1 Å². The molecule has 0 amide bonds. The van der Waals surface area contributed by atoms with E-state index < -0.39 is 0 Å². The summed E-state index contributed by atoms with van der Waals surface area (Å²) in [7, 11) is 0. The Balaban J connectivity index is 2.39. The molecule has 0 atom stereocenters. The summed E-state index contributed by atoms with van der Waals surface area (Å²) in [5, 5.41) is 6.98. The number of aromatic nitrogens is 2. The van der Waals surface area contributed by atoms with Gasteiger partial charge in [0.25, 0.3) is 5.56 Å². The number of ether oxygens (including phenoxy) is 1.